The molecule has 1 aromatic carbocycles. The molecule has 3 N–H and O–H groups in total. The van der Waals surface area contributed by atoms with Gasteiger partial charge in [-0.1, -0.05) is 6.07 Å². The molecule has 5 heteroatoms. The summed E-state index contributed by atoms with van der Waals surface area (Å²) in [6.45, 7) is 7.07. The second kappa shape index (κ2) is 8.89. The molecule has 128 valence electrons. The highest BCUT2D eigenvalue weighted by Gasteiger charge is 2.22. The number of hydrogen-bond donors (Lipinski definition) is 3. The Hall–Kier alpha value is -1.59. The van der Waals surface area contributed by atoms with Crippen LogP contribution in [0.1, 0.15) is 36.8 Å². The molecule has 1 heterocycles. The third-order valence-electron chi connectivity index (χ3n) is 4.35. The van der Waals surface area contributed by atoms with Crippen molar-refractivity contribution >= 4 is 11.7 Å². The molecule has 1 atom stereocenters. The first-order valence-corrected chi connectivity index (χ1v) is 8.56. The second-order valence-corrected chi connectivity index (χ2v) is 6.48. The average Bonchev–Trinajstić information content (AvgIpc) is 2.93. The van der Waals surface area contributed by atoms with Gasteiger partial charge in [-0.3, -0.25) is 4.90 Å². The Morgan fingerprint density at radius 1 is 1.26 bits per heavy atom. The van der Waals surface area contributed by atoms with E-state index in [1.165, 1.54) is 6.42 Å². The highest BCUT2D eigenvalue weighted by molar-refractivity contribution is 5.89. The van der Waals surface area contributed by atoms with Crippen molar-refractivity contribution in [3.8, 4) is 0 Å². The van der Waals surface area contributed by atoms with E-state index in [2.05, 4.69) is 21.6 Å². The smallest absolute Gasteiger partial charge is 0.319 e. The summed E-state index contributed by atoms with van der Waals surface area (Å²) in [7, 11) is 0. The Bertz CT molecular complexity index is 499. The maximum Gasteiger partial charge on any atom is 0.319 e. The summed E-state index contributed by atoms with van der Waals surface area (Å²) in [5.41, 5.74) is 3.12. The Morgan fingerprint density at radius 2 is 2.00 bits per heavy atom. The number of nitrogens with one attached hydrogen (secondary N) is 2. The number of aryl methyl sites for hydroxylation is 2. The van der Waals surface area contributed by atoms with E-state index in [1.807, 2.05) is 26.0 Å². The maximum absolute atomic E-state index is 11.9. The van der Waals surface area contributed by atoms with Crippen molar-refractivity contribution in [3.63, 3.8) is 0 Å². The number of unbranched alkanes of at least 4 members (excludes halogenated alkanes) is 1. The van der Waals surface area contributed by atoms with Crippen LogP contribution in [0.3, 0.4) is 0 Å². The summed E-state index contributed by atoms with van der Waals surface area (Å²) in [5.74, 6) is 0. The number of likely N-dealkylation sites (tertiary alicyclic amines) is 1. The maximum atomic E-state index is 11.9. The zero-order valence-corrected chi connectivity index (χ0v) is 14.3. The molecule has 2 rings (SSSR count). The average molecular weight is 319 g/mol. The van der Waals surface area contributed by atoms with Crippen molar-refractivity contribution in [2.24, 2.45) is 0 Å². The van der Waals surface area contributed by atoms with Gasteiger partial charge in [-0.25, -0.2) is 4.79 Å². The Labute approximate surface area is 139 Å². The van der Waals surface area contributed by atoms with Crippen molar-refractivity contribution in [3.05, 3.63) is 29.3 Å². The molecule has 1 aliphatic rings. The minimum atomic E-state index is -0.149. The number of amides is 2. The number of carbonyl (C=O) groups excluding carboxylic acids is 1. The molecule has 1 aliphatic heterocycles. The van der Waals surface area contributed by atoms with Crippen LogP contribution in [0.5, 0.6) is 0 Å². The van der Waals surface area contributed by atoms with E-state index in [1.54, 1.807) is 0 Å². The van der Waals surface area contributed by atoms with Crippen LogP contribution in [0.25, 0.3) is 0 Å². The van der Waals surface area contributed by atoms with E-state index >= 15 is 0 Å². The Kier molecular flexibility index (Phi) is 6.86. The third-order valence-corrected chi connectivity index (χ3v) is 4.35. The van der Waals surface area contributed by atoms with Gasteiger partial charge in [-0.2, -0.15) is 0 Å². The summed E-state index contributed by atoms with van der Waals surface area (Å²) in [4.78, 5) is 14.2. The molecule has 0 saturated carbocycles. The molecular formula is C18H29N3O2. The number of aliphatic hydroxyl groups excluding tert-OH is 1. The van der Waals surface area contributed by atoms with Gasteiger partial charge in [0.1, 0.15) is 0 Å². The van der Waals surface area contributed by atoms with Crippen LogP contribution in [-0.4, -0.2) is 48.3 Å². The van der Waals surface area contributed by atoms with Gasteiger partial charge >= 0.3 is 6.03 Å². The Balaban J connectivity index is 1.61. The zero-order chi connectivity index (χ0) is 16.7. The van der Waals surface area contributed by atoms with Crippen molar-refractivity contribution < 1.29 is 9.90 Å². The van der Waals surface area contributed by atoms with E-state index < -0.39 is 0 Å². The lowest BCUT2D eigenvalue weighted by atomic mass is 10.1. The number of urea groups is 1. The molecule has 0 aliphatic carbocycles. The van der Waals surface area contributed by atoms with E-state index in [4.69, 9.17) is 0 Å². The third kappa shape index (κ3) is 5.84. The molecule has 0 radical (unpaired) electrons. The molecule has 1 unspecified atom stereocenters. The van der Waals surface area contributed by atoms with Gasteiger partial charge in [0.2, 0.25) is 0 Å². The van der Waals surface area contributed by atoms with Crippen LogP contribution in [0, 0.1) is 13.8 Å². The van der Waals surface area contributed by atoms with Crippen LogP contribution in [0.15, 0.2) is 18.2 Å². The van der Waals surface area contributed by atoms with Gasteiger partial charge < -0.3 is 15.7 Å². The van der Waals surface area contributed by atoms with Gasteiger partial charge in [-0.15, -0.1) is 0 Å². The van der Waals surface area contributed by atoms with E-state index in [9.17, 15) is 9.90 Å². The minimum Gasteiger partial charge on any atom is -0.395 e. The van der Waals surface area contributed by atoms with Gasteiger partial charge in [0, 0.05) is 18.3 Å². The minimum absolute atomic E-state index is 0.149. The normalized spacial score (nSPS) is 18.1. The molecule has 0 spiro atoms. The fourth-order valence-corrected chi connectivity index (χ4v) is 3.26. The first-order valence-electron chi connectivity index (χ1n) is 8.56. The fraction of sp³-hybridized carbons (Fsp3) is 0.611. The predicted molar refractivity (Wildman–Crippen MR) is 93.9 cm³/mol. The predicted octanol–water partition coefficient (Wildman–Crippen LogP) is 2.66. The van der Waals surface area contributed by atoms with Gasteiger partial charge in [0.25, 0.3) is 0 Å². The standard InChI is InChI=1S/C18H29N3O2/c1-14-10-15(2)12-16(11-14)20-18(23)19-7-3-4-8-21-9-5-6-17(21)13-22/h10-12,17,22H,3-9,13H2,1-2H3,(H2,19,20,23). The molecule has 1 aromatic rings. The number of rotatable bonds is 7. The summed E-state index contributed by atoms with van der Waals surface area (Å²) in [5, 5.41) is 15.1. The highest BCUT2D eigenvalue weighted by Crippen LogP contribution is 2.17. The molecule has 0 bridgehead atoms. The molecule has 2 amide bonds. The van der Waals surface area contributed by atoms with E-state index in [-0.39, 0.29) is 12.6 Å². The monoisotopic (exact) mass is 319 g/mol. The number of benzene rings is 1. The second-order valence-electron chi connectivity index (χ2n) is 6.48. The lowest BCUT2D eigenvalue weighted by Gasteiger charge is -2.22. The lowest BCUT2D eigenvalue weighted by molar-refractivity contribution is 0.157. The first kappa shape index (κ1) is 17.8. The number of hydrogen-bond acceptors (Lipinski definition) is 3. The Morgan fingerprint density at radius 3 is 2.70 bits per heavy atom. The molecular weight excluding hydrogens is 290 g/mol. The van der Waals surface area contributed by atoms with Crippen LogP contribution < -0.4 is 10.6 Å². The SMILES string of the molecule is Cc1cc(C)cc(NC(=O)NCCCCN2CCCC2CO)c1. The lowest BCUT2D eigenvalue weighted by Crippen LogP contribution is -2.34. The van der Waals surface area contributed by atoms with Crippen molar-refractivity contribution in [2.75, 3.05) is 31.6 Å². The summed E-state index contributed by atoms with van der Waals surface area (Å²) >= 11 is 0. The topological polar surface area (TPSA) is 64.6 Å². The molecule has 5 nitrogen and oxygen atoms in total. The number of nitrogens with zero attached hydrogens (tertiary/aromatic N) is 1. The van der Waals surface area contributed by atoms with Crippen molar-refractivity contribution in [1.29, 1.82) is 0 Å². The molecule has 0 aromatic heterocycles. The van der Waals surface area contributed by atoms with Crippen LogP contribution in [0.2, 0.25) is 0 Å². The zero-order valence-electron chi connectivity index (χ0n) is 14.3. The van der Waals surface area contributed by atoms with E-state index in [0.29, 0.717) is 12.6 Å². The van der Waals surface area contributed by atoms with E-state index in [0.717, 1.165) is 49.2 Å². The summed E-state index contributed by atoms with van der Waals surface area (Å²) in [6, 6.07) is 6.21. The van der Waals surface area contributed by atoms with Gasteiger partial charge in [0.05, 0.1) is 6.61 Å². The van der Waals surface area contributed by atoms with Crippen molar-refractivity contribution in [1.82, 2.24) is 10.2 Å². The number of carbonyl (C=O) groups is 1. The van der Waals surface area contributed by atoms with Crippen LogP contribution in [0.4, 0.5) is 10.5 Å². The van der Waals surface area contributed by atoms with Crippen LogP contribution in [-0.2, 0) is 0 Å². The number of aliphatic hydroxyl groups is 1. The van der Waals surface area contributed by atoms with Gasteiger partial charge in [-0.05, 0) is 75.9 Å². The molecule has 1 fully saturated rings. The summed E-state index contributed by atoms with van der Waals surface area (Å²) in [6.07, 6.45) is 4.28. The highest BCUT2D eigenvalue weighted by atomic mass is 16.3. The largest absolute Gasteiger partial charge is 0.395 e. The number of anilines is 1. The van der Waals surface area contributed by atoms with Crippen molar-refractivity contribution in [2.45, 2.75) is 45.6 Å². The van der Waals surface area contributed by atoms with Gasteiger partial charge in [0.15, 0.2) is 0 Å². The molecule has 23 heavy (non-hydrogen) atoms. The fourth-order valence-electron chi connectivity index (χ4n) is 3.26. The summed E-state index contributed by atoms with van der Waals surface area (Å²) < 4.78 is 0. The quantitative estimate of drug-likeness (QED) is 0.677. The molecule has 1 saturated heterocycles. The first-order chi connectivity index (χ1) is 11.1. The van der Waals surface area contributed by atoms with Crippen LogP contribution >= 0.6 is 0 Å².